The average molecular weight is 351 g/mol. The van der Waals surface area contributed by atoms with Crippen molar-refractivity contribution >= 4 is 28.5 Å². The monoisotopic (exact) mass is 351 g/mol. The standard InChI is InChI=1S/C15H15F2N5OS/c1-22-8-12-10(3-2-5-20-24(12)18)13(22)15(23)21-9-4-6-19-11(7-9)14(16)17/h2-4,6-8,14H,5H2,1H3,(H2,18,20)(H,19,21,23). The number of aryl methyl sites for hydroxylation is 1. The maximum Gasteiger partial charge on any atom is 0.280 e. The largest absolute Gasteiger partial charge is 0.345 e. The van der Waals surface area contributed by atoms with Gasteiger partial charge < -0.3 is 9.88 Å². The Morgan fingerprint density at radius 2 is 2.33 bits per heavy atom. The number of pyridine rings is 1. The average Bonchev–Trinajstić information content (AvgIpc) is 2.78. The molecule has 0 aromatic carbocycles. The Morgan fingerprint density at radius 1 is 1.54 bits per heavy atom. The van der Waals surface area contributed by atoms with Gasteiger partial charge in [-0.1, -0.05) is 12.2 Å². The van der Waals surface area contributed by atoms with Crippen LogP contribution in [0.1, 0.15) is 28.2 Å². The Morgan fingerprint density at radius 3 is 3.08 bits per heavy atom. The first kappa shape index (κ1) is 16.5. The van der Waals surface area contributed by atoms with E-state index in [-0.39, 0.29) is 5.69 Å². The lowest BCUT2D eigenvalue weighted by Gasteiger charge is -2.09. The van der Waals surface area contributed by atoms with E-state index in [2.05, 4.69) is 15.0 Å². The number of nitrogens with zero attached hydrogens (tertiary/aromatic N) is 2. The molecule has 1 atom stereocenters. The van der Waals surface area contributed by atoms with Crippen molar-refractivity contribution in [2.75, 3.05) is 11.9 Å². The van der Waals surface area contributed by atoms with E-state index in [0.717, 1.165) is 11.0 Å². The topological polar surface area (TPSA) is 82.8 Å². The van der Waals surface area contributed by atoms with Gasteiger partial charge in [-0.3, -0.25) is 14.6 Å². The van der Waals surface area contributed by atoms with Crippen molar-refractivity contribution in [2.24, 2.45) is 7.05 Å². The minimum Gasteiger partial charge on any atom is -0.345 e. The summed E-state index contributed by atoms with van der Waals surface area (Å²) in [7, 11) is 0.797. The number of rotatable bonds is 3. The van der Waals surface area contributed by atoms with Crippen LogP contribution in [0.4, 0.5) is 14.5 Å². The van der Waals surface area contributed by atoms with Crippen LogP contribution < -0.4 is 10.0 Å². The number of hydrogen-bond acceptors (Lipinski definition) is 3. The van der Waals surface area contributed by atoms with Crippen LogP contribution >= 0.6 is 0 Å². The third kappa shape index (κ3) is 3.13. The summed E-state index contributed by atoms with van der Waals surface area (Å²) < 4.78 is 38.2. The molecule has 9 heteroatoms. The zero-order valence-corrected chi connectivity index (χ0v) is 13.5. The second-order valence-electron chi connectivity index (χ2n) is 5.15. The Labute approximate surface area is 139 Å². The molecule has 1 aliphatic rings. The highest BCUT2D eigenvalue weighted by molar-refractivity contribution is 7.84. The molecule has 1 amide bonds. The van der Waals surface area contributed by atoms with Crippen LogP contribution in [-0.2, 0) is 17.9 Å². The third-order valence-corrected chi connectivity index (χ3v) is 4.73. The van der Waals surface area contributed by atoms with Crippen LogP contribution in [0.15, 0.2) is 35.5 Å². The minimum absolute atomic E-state index is 0.251. The normalized spacial score (nSPS) is 16.8. The lowest BCUT2D eigenvalue weighted by atomic mass is 10.2. The summed E-state index contributed by atoms with van der Waals surface area (Å²) in [6.07, 6.45) is 3.91. The molecular weight excluding hydrogens is 336 g/mol. The molecule has 24 heavy (non-hydrogen) atoms. The minimum atomic E-state index is -2.70. The van der Waals surface area contributed by atoms with Crippen molar-refractivity contribution in [3.8, 4) is 0 Å². The van der Waals surface area contributed by atoms with Crippen LogP contribution in [0, 0.1) is 4.78 Å². The van der Waals surface area contributed by atoms with E-state index in [9.17, 15) is 13.6 Å². The Kier molecular flexibility index (Phi) is 4.54. The number of aromatic nitrogens is 2. The van der Waals surface area contributed by atoms with Gasteiger partial charge in [-0.2, -0.15) is 0 Å². The van der Waals surface area contributed by atoms with Crippen LogP contribution in [0.2, 0.25) is 0 Å². The predicted octanol–water partition coefficient (Wildman–Crippen LogP) is 2.88. The van der Waals surface area contributed by atoms with Crippen molar-refractivity contribution in [3.05, 3.63) is 47.6 Å². The summed E-state index contributed by atoms with van der Waals surface area (Å²) >= 11 is 0. The molecule has 1 aliphatic heterocycles. The van der Waals surface area contributed by atoms with Gasteiger partial charge in [0.2, 0.25) is 0 Å². The number of carbonyl (C=O) groups excluding carboxylic acids is 1. The molecule has 0 radical (unpaired) electrons. The Hall–Kier alpha value is -2.39. The van der Waals surface area contributed by atoms with Crippen molar-refractivity contribution in [2.45, 2.75) is 11.3 Å². The smallest absolute Gasteiger partial charge is 0.280 e. The summed E-state index contributed by atoms with van der Waals surface area (Å²) in [6, 6.07) is 2.61. The van der Waals surface area contributed by atoms with E-state index < -0.39 is 28.9 Å². The fourth-order valence-electron chi connectivity index (χ4n) is 2.44. The van der Waals surface area contributed by atoms with Crippen molar-refractivity contribution in [3.63, 3.8) is 0 Å². The third-order valence-electron chi connectivity index (χ3n) is 3.51. The quantitative estimate of drug-likeness (QED) is 0.795. The van der Waals surface area contributed by atoms with Gasteiger partial charge in [0.1, 0.15) is 11.4 Å². The summed E-state index contributed by atoms with van der Waals surface area (Å²) in [5.41, 5.74) is 0.905. The van der Waals surface area contributed by atoms with Gasteiger partial charge in [-0.15, -0.1) is 0 Å². The fraction of sp³-hybridized carbons (Fsp3) is 0.200. The lowest BCUT2D eigenvalue weighted by molar-refractivity contribution is 0.101. The Bertz CT molecular complexity index is 846. The van der Waals surface area contributed by atoms with Crippen LogP contribution in [-0.4, -0.2) is 22.0 Å². The number of hydrogen-bond donors (Lipinski definition) is 3. The molecule has 0 aliphatic carbocycles. The molecule has 2 aromatic rings. The van der Waals surface area contributed by atoms with E-state index in [1.54, 1.807) is 23.9 Å². The maximum atomic E-state index is 12.7. The number of fused-ring (bicyclic) bond motifs is 1. The van der Waals surface area contributed by atoms with Crippen molar-refractivity contribution in [1.29, 1.82) is 4.78 Å². The van der Waals surface area contributed by atoms with Gasteiger partial charge in [0, 0.05) is 37.2 Å². The van der Waals surface area contributed by atoms with Gasteiger partial charge in [0.15, 0.2) is 0 Å². The number of anilines is 1. The first-order valence-electron chi connectivity index (χ1n) is 7.07. The highest BCUT2D eigenvalue weighted by Gasteiger charge is 2.22. The SMILES string of the molecule is Cn1cc2c(c1C(=O)Nc1ccnc(C(F)F)c1)C=CCNS2=N. The van der Waals surface area contributed by atoms with Gasteiger partial charge >= 0.3 is 0 Å². The molecule has 0 saturated carbocycles. The van der Waals surface area contributed by atoms with Crippen LogP contribution in [0.3, 0.4) is 0 Å². The zero-order chi connectivity index (χ0) is 17.3. The first-order chi connectivity index (χ1) is 11.5. The molecule has 2 aromatic heterocycles. The van der Waals surface area contributed by atoms with E-state index in [0.29, 0.717) is 17.8 Å². The molecule has 0 spiro atoms. The summed E-state index contributed by atoms with van der Waals surface area (Å²) in [4.78, 5) is 16.9. The maximum absolute atomic E-state index is 12.7. The molecule has 3 heterocycles. The van der Waals surface area contributed by atoms with E-state index in [4.69, 9.17) is 4.78 Å². The predicted molar refractivity (Wildman–Crippen MR) is 87.9 cm³/mol. The molecule has 0 saturated heterocycles. The van der Waals surface area contributed by atoms with E-state index in [1.165, 1.54) is 12.3 Å². The van der Waals surface area contributed by atoms with Gasteiger partial charge in [0.25, 0.3) is 12.3 Å². The highest BCUT2D eigenvalue weighted by Crippen LogP contribution is 2.25. The van der Waals surface area contributed by atoms with Crippen molar-refractivity contribution in [1.82, 2.24) is 14.3 Å². The van der Waals surface area contributed by atoms with Crippen molar-refractivity contribution < 1.29 is 13.6 Å². The number of halogens is 2. The van der Waals surface area contributed by atoms with E-state index >= 15 is 0 Å². The second-order valence-corrected chi connectivity index (χ2v) is 6.49. The summed E-state index contributed by atoms with van der Waals surface area (Å²) in [5, 5.41) is 2.62. The van der Waals surface area contributed by atoms with Gasteiger partial charge in [0.05, 0.1) is 4.90 Å². The number of carbonyl (C=O) groups is 1. The first-order valence-corrected chi connectivity index (χ1v) is 8.30. The molecule has 1 unspecified atom stereocenters. The number of nitrogens with one attached hydrogen (secondary N) is 3. The van der Waals surface area contributed by atoms with Crippen LogP contribution in [0.25, 0.3) is 6.08 Å². The number of alkyl halides is 2. The highest BCUT2D eigenvalue weighted by atomic mass is 32.2. The Balaban J connectivity index is 1.94. The second kappa shape index (κ2) is 6.62. The van der Waals surface area contributed by atoms with Gasteiger partial charge in [-0.25, -0.2) is 13.5 Å². The summed E-state index contributed by atoms with van der Waals surface area (Å²) in [6.45, 7) is 0.550. The molecular formula is C15H15F2N5OS. The fourth-order valence-corrected chi connectivity index (χ4v) is 3.51. The molecule has 6 nitrogen and oxygen atoms in total. The molecule has 0 bridgehead atoms. The molecule has 126 valence electrons. The summed E-state index contributed by atoms with van der Waals surface area (Å²) in [5.74, 6) is -0.422. The zero-order valence-electron chi connectivity index (χ0n) is 12.7. The molecule has 3 N–H and O–H groups in total. The molecule has 3 rings (SSSR count). The van der Waals surface area contributed by atoms with Gasteiger partial charge in [-0.05, 0) is 23.0 Å². The lowest BCUT2D eigenvalue weighted by Crippen LogP contribution is -2.17. The van der Waals surface area contributed by atoms with E-state index in [1.807, 2.05) is 6.08 Å². The number of amides is 1. The molecule has 0 fully saturated rings. The van der Waals surface area contributed by atoms with Crippen LogP contribution in [0.5, 0.6) is 0 Å².